The number of rotatable bonds is 4. The topological polar surface area (TPSA) is 84.6 Å². The minimum atomic E-state index is -0.192. The molecule has 4 heterocycles. The number of anilines is 1. The van der Waals surface area contributed by atoms with Crippen LogP contribution in [-0.4, -0.2) is 53.2 Å². The van der Waals surface area contributed by atoms with Crippen LogP contribution >= 0.6 is 0 Å². The van der Waals surface area contributed by atoms with E-state index in [9.17, 15) is 4.79 Å². The van der Waals surface area contributed by atoms with Crippen molar-refractivity contribution in [2.75, 3.05) is 32.1 Å². The second-order valence-electron chi connectivity index (χ2n) is 7.29. The highest BCUT2D eigenvalue weighted by molar-refractivity contribution is 5.94. The van der Waals surface area contributed by atoms with E-state index in [0.29, 0.717) is 23.9 Å². The highest BCUT2D eigenvalue weighted by atomic mass is 16.5. The molecule has 2 aliphatic rings. The molecule has 2 saturated heterocycles. The predicted molar refractivity (Wildman–Crippen MR) is 98.4 cm³/mol. The number of carbonyl (C=O) groups is 1. The number of hydrogen-bond donors (Lipinski definition) is 0. The number of ether oxygens (including phenoxy) is 1. The summed E-state index contributed by atoms with van der Waals surface area (Å²) in [6.45, 7) is 1.41. The molecule has 0 saturated carbocycles. The van der Waals surface area contributed by atoms with Crippen molar-refractivity contribution in [2.45, 2.75) is 44.2 Å². The Morgan fingerprint density at radius 3 is 2.70 bits per heavy atom. The zero-order valence-corrected chi connectivity index (χ0v) is 15.8. The van der Waals surface area contributed by atoms with Crippen molar-refractivity contribution in [3.63, 3.8) is 0 Å². The summed E-state index contributed by atoms with van der Waals surface area (Å²) in [7, 11) is 3.84. The van der Waals surface area contributed by atoms with E-state index < -0.39 is 0 Å². The SMILES string of the molecule is CN(C)c1ccc(C(=O)N2CCCCC2c2nnc([C@H]3CCCO3)o2)cn1. The first-order valence-corrected chi connectivity index (χ1v) is 9.53. The monoisotopic (exact) mass is 371 g/mol. The first-order chi connectivity index (χ1) is 13.1. The van der Waals surface area contributed by atoms with Gasteiger partial charge in [0.05, 0.1) is 5.56 Å². The fraction of sp³-hybridized carbons (Fsp3) is 0.579. The highest BCUT2D eigenvalue weighted by Gasteiger charge is 2.34. The van der Waals surface area contributed by atoms with E-state index in [2.05, 4.69) is 15.2 Å². The van der Waals surface area contributed by atoms with Gasteiger partial charge in [0.1, 0.15) is 18.0 Å². The van der Waals surface area contributed by atoms with Crippen LogP contribution in [0.2, 0.25) is 0 Å². The van der Waals surface area contributed by atoms with Gasteiger partial charge < -0.3 is 19.0 Å². The van der Waals surface area contributed by atoms with Crippen LogP contribution in [0.4, 0.5) is 5.82 Å². The third-order valence-corrected chi connectivity index (χ3v) is 5.16. The Balaban J connectivity index is 1.54. The summed E-state index contributed by atoms with van der Waals surface area (Å²) in [4.78, 5) is 21.2. The maximum absolute atomic E-state index is 13.1. The van der Waals surface area contributed by atoms with E-state index in [1.807, 2.05) is 36.0 Å². The quantitative estimate of drug-likeness (QED) is 0.817. The fourth-order valence-corrected chi connectivity index (χ4v) is 3.66. The van der Waals surface area contributed by atoms with Gasteiger partial charge in [-0.15, -0.1) is 10.2 Å². The van der Waals surface area contributed by atoms with Crippen molar-refractivity contribution in [2.24, 2.45) is 0 Å². The molecule has 144 valence electrons. The number of hydrogen-bond acceptors (Lipinski definition) is 7. The lowest BCUT2D eigenvalue weighted by Gasteiger charge is -2.33. The average Bonchev–Trinajstić information content (AvgIpc) is 3.39. The van der Waals surface area contributed by atoms with E-state index in [1.165, 1.54) is 0 Å². The molecular formula is C19H25N5O3. The molecule has 1 amide bonds. The second-order valence-corrected chi connectivity index (χ2v) is 7.29. The molecule has 2 atom stereocenters. The van der Waals surface area contributed by atoms with Gasteiger partial charge in [0.25, 0.3) is 5.91 Å². The van der Waals surface area contributed by atoms with Crippen LogP contribution in [0, 0.1) is 0 Å². The molecule has 0 aromatic carbocycles. The summed E-state index contributed by atoms with van der Waals surface area (Å²) in [5.41, 5.74) is 0.575. The summed E-state index contributed by atoms with van der Waals surface area (Å²) in [5.74, 6) is 1.80. The Hall–Kier alpha value is -2.48. The number of carbonyl (C=O) groups excluding carboxylic acids is 1. The first kappa shape index (κ1) is 17.9. The van der Waals surface area contributed by atoms with Crippen molar-refractivity contribution in [1.82, 2.24) is 20.1 Å². The molecule has 2 fully saturated rings. The normalized spacial score (nSPS) is 22.8. The number of aromatic nitrogens is 3. The fourth-order valence-electron chi connectivity index (χ4n) is 3.66. The van der Waals surface area contributed by atoms with Gasteiger partial charge in [-0.05, 0) is 44.2 Å². The molecule has 2 aromatic heterocycles. The van der Waals surface area contributed by atoms with E-state index in [4.69, 9.17) is 9.15 Å². The largest absolute Gasteiger partial charge is 0.420 e. The summed E-state index contributed by atoms with van der Waals surface area (Å²) in [6.07, 6.45) is 6.26. The molecule has 8 heteroatoms. The third kappa shape index (κ3) is 3.66. The summed E-state index contributed by atoms with van der Waals surface area (Å²) >= 11 is 0. The molecular weight excluding hydrogens is 346 g/mol. The molecule has 8 nitrogen and oxygen atoms in total. The Morgan fingerprint density at radius 1 is 1.15 bits per heavy atom. The van der Waals surface area contributed by atoms with E-state index in [1.54, 1.807) is 6.20 Å². The summed E-state index contributed by atoms with van der Waals surface area (Å²) in [5, 5.41) is 8.41. The molecule has 0 spiro atoms. The van der Waals surface area contributed by atoms with E-state index in [-0.39, 0.29) is 18.1 Å². The standard InChI is InChI=1S/C19H25N5O3/c1-23(2)16-9-8-13(12-20-16)19(25)24-10-4-3-6-14(24)17-21-22-18(27-17)15-7-5-11-26-15/h8-9,12,14-15H,3-7,10-11H2,1-2H3/t14?,15-/m1/s1. The number of amides is 1. The number of nitrogens with zero attached hydrogens (tertiary/aromatic N) is 5. The van der Waals surface area contributed by atoms with Crippen molar-refractivity contribution in [1.29, 1.82) is 0 Å². The van der Waals surface area contributed by atoms with Gasteiger partial charge in [0.2, 0.25) is 11.8 Å². The van der Waals surface area contributed by atoms with Crippen molar-refractivity contribution in [3.8, 4) is 0 Å². The Morgan fingerprint density at radius 2 is 2.00 bits per heavy atom. The minimum absolute atomic E-state index is 0.0469. The van der Waals surface area contributed by atoms with Crippen LogP contribution in [0.25, 0.3) is 0 Å². The molecule has 2 aliphatic heterocycles. The minimum Gasteiger partial charge on any atom is -0.420 e. The van der Waals surface area contributed by atoms with E-state index >= 15 is 0 Å². The first-order valence-electron chi connectivity index (χ1n) is 9.53. The molecule has 4 rings (SSSR count). The molecule has 27 heavy (non-hydrogen) atoms. The zero-order chi connectivity index (χ0) is 18.8. The maximum Gasteiger partial charge on any atom is 0.256 e. The third-order valence-electron chi connectivity index (χ3n) is 5.16. The van der Waals surface area contributed by atoms with Gasteiger partial charge in [-0.1, -0.05) is 0 Å². The molecule has 1 unspecified atom stereocenters. The van der Waals surface area contributed by atoms with Crippen molar-refractivity contribution >= 4 is 11.7 Å². The van der Waals surface area contributed by atoms with Gasteiger partial charge in [-0.25, -0.2) is 4.98 Å². The lowest BCUT2D eigenvalue weighted by molar-refractivity contribution is 0.0549. The van der Waals surface area contributed by atoms with Crippen LogP contribution in [0.1, 0.15) is 66.4 Å². The van der Waals surface area contributed by atoms with Crippen LogP contribution in [-0.2, 0) is 4.74 Å². The predicted octanol–water partition coefficient (Wildman–Crippen LogP) is 2.75. The molecule has 0 bridgehead atoms. The smallest absolute Gasteiger partial charge is 0.256 e. The van der Waals surface area contributed by atoms with Crippen LogP contribution in [0.3, 0.4) is 0 Å². The van der Waals surface area contributed by atoms with Crippen molar-refractivity contribution in [3.05, 3.63) is 35.7 Å². The zero-order valence-electron chi connectivity index (χ0n) is 15.8. The molecule has 2 aromatic rings. The van der Waals surface area contributed by atoms with Gasteiger partial charge in [-0.3, -0.25) is 4.79 Å². The maximum atomic E-state index is 13.1. The summed E-state index contributed by atoms with van der Waals surface area (Å²) < 4.78 is 11.5. The Labute approximate surface area is 158 Å². The molecule has 0 N–H and O–H groups in total. The van der Waals surface area contributed by atoms with E-state index in [0.717, 1.165) is 44.5 Å². The summed E-state index contributed by atoms with van der Waals surface area (Å²) in [6, 6.07) is 3.48. The van der Waals surface area contributed by atoms with Crippen molar-refractivity contribution < 1.29 is 13.9 Å². The second kappa shape index (κ2) is 7.64. The Kier molecular flexibility index (Phi) is 5.07. The Bertz CT molecular complexity index is 783. The highest BCUT2D eigenvalue weighted by Crippen LogP contribution is 2.34. The number of piperidine rings is 1. The van der Waals surface area contributed by atoms with Crippen LogP contribution in [0.5, 0.6) is 0 Å². The number of likely N-dealkylation sites (tertiary alicyclic amines) is 1. The van der Waals surface area contributed by atoms with Gasteiger partial charge in [-0.2, -0.15) is 0 Å². The van der Waals surface area contributed by atoms with Gasteiger partial charge in [0.15, 0.2) is 0 Å². The molecule has 0 aliphatic carbocycles. The number of pyridine rings is 1. The van der Waals surface area contributed by atoms with Gasteiger partial charge in [0, 0.05) is 33.4 Å². The lowest BCUT2D eigenvalue weighted by Crippen LogP contribution is -2.38. The van der Waals surface area contributed by atoms with Crippen LogP contribution < -0.4 is 4.90 Å². The molecule has 0 radical (unpaired) electrons. The van der Waals surface area contributed by atoms with Gasteiger partial charge >= 0.3 is 0 Å². The lowest BCUT2D eigenvalue weighted by atomic mass is 10.0. The van der Waals surface area contributed by atoms with Crippen LogP contribution in [0.15, 0.2) is 22.7 Å². The average molecular weight is 371 g/mol.